The van der Waals surface area contributed by atoms with Crippen molar-refractivity contribution in [3.63, 3.8) is 0 Å². The van der Waals surface area contributed by atoms with Crippen LogP contribution in [-0.4, -0.2) is 12.3 Å². The first kappa shape index (κ1) is 31.5. The summed E-state index contributed by atoms with van der Waals surface area (Å²) in [5, 5.41) is 0. The third-order valence-electron chi connectivity index (χ3n) is 13.4. The van der Waals surface area contributed by atoms with Crippen LogP contribution in [0, 0.1) is 0 Å². The van der Waals surface area contributed by atoms with Crippen molar-refractivity contribution in [2.75, 3.05) is 14.7 Å². The zero-order valence-electron chi connectivity index (χ0n) is 30.9. The van der Waals surface area contributed by atoms with Crippen LogP contribution in [0.15, 0.2) is 170 Å². The Morgan fingerprint density at radius 2 is 0.963 bits per heavy atom. The van der Waals surface area contributed by atoms with Crippen molar-refractivity contribution >= 4 is 68.6 Å². The van der Waals surface area contributed by atoms with Crippen LogP contribution in [0.5, 0.6) is 0 Å². The molecule has 0 saturated heterocycles. The van der Waals surface area contributed by atoms with Gasteiger partial charge in [-0.15, -0.1) is 0 Å². The summed E-state index contributed by atoms with van der Waals surface area (Å²) >= 11 is 0. The SMILES string of the molecule is CC12CCCCC1(C)N(c1cc3c4c(c1)N(c1ccccc1)c1ccccc1B4c1ccccc1N3c1ccccc1)c1ccc(-c3ccccc3)cc12. The summed E-state index contributed by atoms with van der Waals surface area (Å²) in [5.74, 6) is 0. The van der Waals surface area contributed by atoms with E-state index in [-0.39, 0.29) is 17.7 Å². The van der Waals surface area contributed by atoms with Gasteiger partial charge in [-0.05, 0) is 114 Å². The van der Waals surface area contributed by atoms with Crippen LogP contribution >= 0.6 is 0 Å². The molecule has 4 aliphatic rings. The van der Waals surface area contributed by atoms with E-state index in [1.807, 2.05) is 0 Å². The van der Waals surface area contributed by atoms with Gasteiger partial charge in [-0.1, -0.05) is 129 Å². The number of para-hydroxylation sites is 4. The van der Waals surface area contributed by atoms with Gasteiger partial charge in [-0.25, -0.2) is 0 Å². The smallest absolute Gasteiger partial charge is 0.252 e. The summed E-state index contributed by atoms with van der Waals surface area (Å²) < 4.78 is 0. The van der Waals surface area contributed by atoms with E-state index in [9.17, 15) is 0 Å². The van der Waals surface area contributed by atoms with Gasteiger partial charge in [-0.3, -0.25) is 0 Å². The predicted molar refractivity (Wildman–Crippen MR) is 229 cm³/mol. The summed E-state index contributed by atoms with van der Waals surface area (Å²) in [6.45, 7) is 5.21. The zero-order valence-corrected chi connectivity index (χ0v) is 30.9. The summed E-state index contributed by atoms with van der Waals surface area (Å²) in [7, 11) is 0. The second-order valence-electron chi connectivity index (χ2n) is 16.0. The number of hydrogen-bond donors (Lipinski definition) is 0. The lowest BCUT2D eigenvalue weighted by molar-refractivity contribution is 0.195. The van der Waals surface area contributed by atoms with Crippen LogP contribution in [0.4, 0.5) is 45.5 Å². The molecule has 0 bridgehead atoms. The lowest BCUT2D eigenvalue weighted by Gasteiger charge is -2.51. The van der Waals surface area contributed by atoms with E-state index in [2.05, 4.69) is 198 Å². The highest BCUT2D eigenvalue weighted by atomic mass is 15.3. The molecule has 11 rings (SSSR count). The molecule has 1 fully saturated rings. The Morgan fingerprint density at radius 3 is 1.56 bits per heavy atom. The molecule has 4 heteroatoms. The second kappa shape index (κ2) is 11.8. The first-order valence-corrected chi connectivity index (χ1v) is 19.6. The zero-order chi connectivity index (χ0) is 36.0. The van der Waals surface area contributed by atoms with E-state index in [0.29, 0.717) is 0 Å². The van der Waals surface area contributed by atoms with Gasteiger partial charge in [0.2, 0.25) is 0 Å². The minimum atomic E-state index is -0.0996. The molecule has 260 valence electrons. The highest BCUT2D eigenvalue weighted by molar-refractivity contribution is 7.00. The lowest BCUT2D eigenvalue weighted by atomic mass is 9.33. The van der Waals surface area contributed by atoms with E-state index in [1.165, 1.54) is 97.8 Å². The van der Waals surface area contributed by atoms with Crippen molar-refractivity contribution in [2.24, 2.45) is 0 Å². The molecule has 0 aromatic heterocycles. The molecule has 54 heavy (non-hydrogen) atoms. The van der Waals surface area contributed by atoms with Gasteiger partial charge in [0.1, 0.15) is 0 Å². The fourth-order valence-corrected chi connectivity index (χ4v) is 10.7. The Morgan fingerprint density at radius 1 is 0.444 bits per heavy atom. The molecule has 0 spiro atoms. The Hall–Kier alpha value is -6.00. The number of fused-ring (bicyclic) bond motifs is 7. The van der Waals surface area contributed by atoms with Crippen molar-refractivity contribution in [1.29, 1.82) is 0 Å². The summed E-state index contributed by atoms with van der Waals surface area (Å²) in [5.41, 5.74) is 17.9. The lowest BCUT2D eigenvalue weighted by Crippen LogP contribution is -2.61. The quantitative estimate of drug-likeness (QED) is 0.170. The molecule has 2 atom stereocenters. The minimum absolute atomic E-state index is 0.00151. The number of anilines is 8. The van der Waals surface area contributed by atoms with Gasteiger partial charge in [0.15, 0.2) is 0 Å². The average molecular weight is 696 g/mol. The van der Waals surface area contributed by atoms with Gasteiger partial charge in [0.25, 0.3) is 6.71 Å². The number of rotatable bonds is 4. The van der Waals surface area contributed by atoms with Gasteiger partial charge in [0.05, 0.1) is 5.54 Å². The van der Waals surface area contributed by atoms with Crippen molar-refractivity contribution in [3.8, 4) is 11.1 Å². The van der Waals surface area contributed by atoms with E-state index < -0.39 is 0 Å². The molecule has 3 nitrogen and oxygen atoms in total. The fourth-order valence-electron chi connectivity index (χ4n) is 10.7. The molecule has 2 unspecified atom stereocenters. The van der Waals surface area contributed by atoms with E-state index in [4.69, 9.17) is 0 Å². The maximum atomic E-state index is 2.76. The molecular weight excluding hydrogens is 653 g/mol. The van der Waals surface area contributed by atoms with Crippen molar-refractivity contribution in [3.05, 3.63) is 175 Å². The van der Waals surface area contributed by atoms with Crippen LogP contribution < -0.4 is 31.1 Å². The Kier molecular flexibility index (Phi) is 6.86. The van der Waals surface area contributed by atoms with Crippen LogP contribution in [0.2, 0.25) is 0 Å². The summed E-state index contributed by atoms with van der Waals surface area (Å²) in [4.78, 5) is 7.82. The van der Waals surface area contributed by atoms with Gasteiger partial charge < -0.3 is 14.7 Å². The topological polar surface area (TPSA) is 9.72 Å². The Balaban J connectivity index is 1.22. The average Bonchev–Trinajstić information content (AvgIpc) is 3.44. The molecule has 0 amide bonds. The van der Waals surface area contributed by atoms with Crippen molar-refractivity contribution in [1.82, 2.24) is 0 Å². The van der Waals surface area contributed by atoms with Crippen molar-refractivity contribution < 1.29 is 0 Å². The molecular formula is C50H42BN3. The second-order valence-corrected chi connectivity index (χ2v) is 16.0. The summed E-state index contributed by atoms with van der Waals surface area (Å²) in [6, 6.07) is 63.4. The maximum Gasteiger partial charge on any atom is 0.252 e. The first-order valence-electron chi connectivity index (χ1n) is 19.6. The molecule has 3 heterocycles. The van der Waals surface area contributed by atoms with Crippen LogP contribution in [0.3, 0.4) is 0 Å². The predicted octanol–water partition coefficient (Wildman–Crippen LogP) is 11.2. The van der Waals surface area contributed by atoms with Gasteiger partial charge in [0, 0.05) is 50.9 Å². The largest absolute Gasteiger partial charge is 0.334 e. The first-order chi connectivity index (χ1) is 26.5. The monoisotopic (exact) mass is 695 g/mol. The minimum Gasteiger partial charge on any atom is -0.334 e. The highest BCUT2D eigenvalue weighted by Crippen LogP contribution is 2.62. The van der Waals surface area contributed by atoms with Crippen molar-refractivity contribution in [2.45, 2.75) is 50.5 Å². The highest BCUT2D eigenvalue weighted by Gasteiger charge is 2.58. The number of nitrogens with zero attached hydrogens (tertiary/aromatic N) is 3. The Bertz CT molecular complexity index is 2460. The van der Waals surface area contributed by atoms with Crippen LogP contribution in [0.1, 0.15) is 45.1 Å². The van der Waals surface area contributed by atoms with E-state index in [1.54, 1.807) is 0 Å². The number of benzene rings is 7. The van der Waals surface area contributed by atoms with E-state index >= 15 is 0 Å². The maximum absolute atomic E-state index is 2.76. The van der Waals surface area contributed by atoms with Crippen LogP contribution in [0.25, 0.3) is 11.1 Å². The molecule has 1 saturated carbocycles. The molecule has 0 radical (unpaired) electrons. The normalized spacial score (nSPS) is 20.5. The molecule has 0 N–H and O–H groups in total. The molecule has 7 aromatic rings. The van der Waals surface area contributed by atoms with Gasteiger partial charge >= 0.3 is 0 Å². The third-order valence-corrected chi connectivity index (χ3v) is 13.4. The summed E-state index contributed by atoms with van der Waals surface area (Å²) in [6.07, 6.45) is 4.81. The molecule has 1 aliphatic carbocycles. The van der Waals surface area contributed by atoms with Crippen LogP contribution in [-0.2, 0) is 5.41 Å². The van der Waals surface area contributed by atoms with Gasteiger partial charge in [-0.2, -0.15) is 0 Å². The third kappa shape index (κ3) is 4.31. The fraction of sp³-hybridized carbons (Fsp3) is 0.160. The number of hydrogen-bond acceptors (Lipinski definition) is 3. The molecule has 7 aromatic carbocycles. The van der Waals surface area contributed by atoms with E-state index in [0.717, 1.165) is 6.42 Å². The Labute approximate surface area is 319 Å². The molecule has 3 aliphatic heterocycles. The standard InChI is InChI=1S/C50H42BN3/c1-49-30-16-17-31-50(49,2)54(43-29-28-36(32-40(43)49)35-18-6-3-7-19-35)39-33-46-48-47(34-39)53(38-22-10-5-11-23-38)45-27-15-13-25-42(45)51(48)41-24-12-14-26-44(41)52(46)37-20-8-4-9-21-37/h3-15,18-29,32-34H,16-17,30-31H2,1-2H3.